The summed E-state index contributed by atoms with van der Waals surface area (Å²) in [5, 5.41) is -0.733. The molecule has 1 aromatic carbocycles. The predicted octanol–water partition coefficient (Wildman–Crippen LogP) is 0.971. The number of aryl methyl sites for hydroxylation is 1. The molecule has 0 radical (unpaired) electrons. The lowest BCUT2D eigenvalue weighted by atomic mass is 10.1. The second-order valence-corrected chi connectivity index (χ2v) is 10.0. The zero-order chi connectivity index (χ0) is 17.4. The maximum Gasteiger partial charge on any atom is 0.262 e. The van der Waals surface area contributed by atoms with E-state index in [4.69, 9.17) is 0 Å². The summed E-state index contributed by atoms with van der Waals surface area (Å²) in [6.45, 7) is 0.0995. The summed E-state index contributed by atoms with van der Waals surface area (Å²) < 4.78 is 53.2. The lowest BCUT2D eigenvalue weighted by Gasteiger charge is -2.18. The summed E-state index contributed by atoms with van der Waals surface area (Å²) in [6, 6.07) is 8.94. The third kappa shape index (κ3) is 3.24. The minimum Gasteiger partial charge on any atom is -0.339 e. The molecule has 0 N–H and O–H groups in total. The summed E-state index contributed by atoms with van der Waals surface area (Å²) in [7, 11) is -5.51. The van der Waals surface area contributed by atoms with Crippen LogP contribution in [0.1, 0.15) is 17.2 Å². The highest BCUT2D eigenvalue weighted by Crippen LogP contribution is 2.30. The predicted molar refractivity (Wildman–Crippen MR) is 89.6 cm³/mol. The van der Waals surface area contributed by atoms with E-state index in [-0.39, 0.29) is 30.3 Å². The third-order valence-electron chi connectivity index (χ3n) is 4.16. The Morgan fingerprint density at radius 2 is 1.88 bits per heavy atom. The molecule has 1 aromatic heterocycles. The van der Waals surface area contributed by atoms with Gasteiger partial charge in [0.25, 0.3) is 10.0 Å². The van der Waals surface area contributed by atoms with Gasteiger partial charge in [-0.2, -0.15) is 4.31 Å². The fourth-order valence-electron chi connectivity index (χ4n) is 2.86. The molecular weight excluding hydrogens is 350 g/mol. The summed E-state index contributed by atoms with van der Waals surface area (Å²) in [6.07, 6.45) is 3.07. The number of aromatic nitrogens is 2. The normalized spacial score (nSPS) is 22.1. The van der Waals surface area contributed by atoms with Crippen molar-refractivity contribution in [2.45, 2.75) is 16.7 Å². The molecule has 0 saturated carbocycles. The van der Waals surface area contributed by atoms with Gasteiger partial charge >= 0.3 is 0 Å². The number of sulfonamides is 1. The Labute approximate surface area is 141 Å². The molecule has 7 nitrogen and oxygen atoms in total. The molecule has 1 aliphatic heterocycles. The van der Waals surface area contributed by atoms with Crippen LogP contribution in [-0.2, 0) is 26.9 Å². The maximum atomic E-state index is 12.7. The number of hydrogen-bond donors (Lipinski definition) is 0. The zero-order valence-corrected chi connectivity index (χ0v) is 14.9. The average molecular weight is 369 g/mol. The first-order chi connectivity index (χ1) is 11.3. The number of nitrogens with zero attached hydrogens (tertiary/aromatic N) is 3. The van der Waals surface area contributed by atoms with Crippen LogP contribution in [0.2, 0.25) is 0 Å². The highest BCUT2D eigenvalue weighted by Gasteiger charge is 2.36. The SMILES string of the molecule is Cn1cnc(S(=O)(=O)N2CCC(c3ccccc3)S(=O)(=O)CC2)c1. The minimum absolute atomic E-state index is 0.0510. The van der Waals surface area contributed by atoms with Crippen LogP contribution < -0.4 is 0 Å². The molecule has 0 bridgehead atoms. The standard InChI is InChI=1S/C15H19N3O4S2/c1-17-11-15(16-12-17)24(21,22)18-8-7-14(23(19,20)10-9-18)13-5-3-2-4-6-13/h2-6,11-12,14H,7-10H2,1H3. The van der Waals surface area contributed by atoms with Gasteiger partial charge in [0, 0.05) is 26.3 Å². The summed E-state index contributed by atoms with van der Waals surface area (Å²) >= 11 is 0. The van der Waals surface area contributed by atoms with E-state index in [1.165, 1.54) is 16.8 Å². The molecular formula is C15H19N3O4S2. The van der Waals surface area contributed by atoms with Crippen molar-refractivity contribution in [3.63, 3.8) is 0 Å². The van der Waals surface area contributed by atoms with Crippen molar-refractivity contribution in [3.05, 3.63) is 48.4 Å². The van der Waals surface area contributed by atoms with Crippen LogP contribution in [0.4, 0.5) is 0 Å². The molecule has 1 saturated heterocycles. The maximum absolute atomic E-state index is 12.7. The molecule has 0 amide bonds. The van der Waals surface area contributed by atoms with Crippen molar-refractivity contribution >= 4 is 19.9 Å². The Morgan fingerprint density at radius 3 is 2.50 bits per heavy atom. The third-order valence-corrected chi connectivity index (χ3v) is 8.07. The molecule has 130 valence electrons. The number of imidazole rings is 1. The fraction of sp³-hybridized carbons (Fsp3) is 0.400. The highest BCUT2D eigenvalue weighted by atomic mass is 32.2. The van der Waals surface area contributed by atoms with Gasteiger partial charge in [-0.15, -0.1) is 0 Å². The highest BCUT2D eigenvalue weighted by molar-refractivity contribution is 7.92. The lowest BCUT2D eigenvalue weighted by Crippen LogP contribution is -2.33. The van der Waals surface area contributed by atoms with Crippen LogP contribution >= 0.6 is 0 Å². The summed E-state index contributed by atoms with van der Waals surface area (Å²) in [5.74, 6) is -0.196. The second kappa shape index (κ2) is 6.30. The quantitative estimate of drug-likeness (QED) is 0.804. The Balaban J connectivity index is 1.89. The van der Waals surface area contributed by atoms with Gasteiger partial charge in [-0.25, -0.2) is 21.8 Å². The van der Waals surface area contributed by atoms with Gasteiger partial charge in [-0.1, -0.05) is 30.3 Å². The van der Waals surface area contributed by atoms with E-state index < -0.39 is 25.1 Å². The first kappa shape index (κ1) is 17.1. The number of benzene rings is 1. The van der Waals surface area contributed by atoms with Gasteiger partial charge in [0.15, 0.2) is 14.9 Å². The van der Waals surface area contributed by atoms with E-state index in [0.717, 1.165) is 0 Å². The Hall–Kier alpha value is -1.71. The minimum atomic E-state index is -3.78. The van der Waals surface area contributed by atoms with Crippen molar-refractivity contribution in [2.75, 3.05) is 18.8 Å². The Morgan fingerprint density at radius 1 is 1.17 bits per heavy atom. The Kier molecular flexibility index (Phi) is 4.50. The van der Waals surface area contributed by atoms with E-state index in [9.17, 15) is 16.8 Å². The van der Waals surface area contributed by atoms with Gasteiger partial charge < -0.3 is 4.57 Å². The number of sulfone groups is 1. The van der Waals surface area contributed by atoms with Gasteiger partial charge in [0.1, 0.15) is 0 Å². The smallest absolute Gasteiger partial charge is 0.262 e. The molecule has 3 rings (SSSR count). The van der Waals surface area contributed by atoms with Crippen molar-refractivity contribution in [3.8, 4) is 0 Å². The van der Waals surface area contributed by atoms with Crippen molar-refractivity contribution < 1.29 is 16.8 Å². The topological polar surface area (TPSA) is 89.3 Å². The summed E-state index contributed by atoms with van der Waals surface area (Å²) in [4.78, 5) is 3.89. The Bertz CT molecular complexity index is 921. The molecule has 24 heavy (non-hydrogen) atoms. The monoisotopic (exact) mass is 369 g/mol. The van der Waals surface area contributed by atoms with Crippen LogP contribution in [0, 0.1) is 0 Å². The second-order valence-electron chi connectivity index (χ2n) is 5.84. The van der Waals surface area contributed by atoms with Crippen molar-refractivity contribution in [1.82, 2.24) is 13.9 Å². The lowest BCUT2D eigenvalue weighted by molar-refractivity contribution is 0.426. The van der Waals surface area contributed by atoms with E-state index in [0.29, 0.717) is 5.56 Å². The number of rotatable bonds is 3. The molecule has 2 aromatic rings. The average Bonchev–Trinajstić information content (AvgIpc) is 2.91. The molecule has 1 aliphatic rings. The fourth-order valence-corrected chi connectivity index (χ4v) is 6.19. The van der Waals surface area contributed by atoms with Crippen molar-refractivity contribution in [2.24, 2.45) is 7.05 Å². The first-order valence-electron chi connectivity index (χ1n) is 7.55. The zero-order valence-electron chi connectivity index (χ0n) is 13.2. The van der Waals surface area contributed by atoms with Crippen LogP contribution in [0.15, 0.2) is 47.9 Å². The first-order valence-corrected chi connectivity index (χ1v) is 10.7. The van der Waals surface area contributed by atoms with E-state index in [1.807, 2.05) is 6.07 Å². The number of hydrogen-bond acceptors (Lipinski definition) is 5. The van der Waals surface area contributed by atoms with Crippen molar-refractivity contribution in [1.29, 1.82) is 0 Å². The molecule has 0 aliphatic carbocycles. The molecule has 1 fully saturated rings. The molecule has 0 spiro atoms. The van der Waals surface area contributed by atoms with Gasteiger partial charge in [-0.3, -0.25) is 0 Å². The van der Waals surface area contributed by atoms with Crippen LogP contribution in [0.5, 0.6) is 0 Å². The van der Waals surface area contributed by atoms with E-state index >= 15 is 0 Å². The van der Waals surface area contributed by atoms with Crippen LogP contribution in [-0.4, -0.2) is 49.5 Å². The van der Waals surface area contributed by atoms with Crippen LogP contribution in [0.25, 0.3) is 0 Å². The molecule has 9 heteroatoms. The van der Waals surface area contributed by atoms with E-state index in [2.05, 4.69) is 4.98 Å². The molecule has 2 heterocycles. The van der Waals surface area contributed by atoms with E-state index in [1.54, 1.807) is 35.9 Å². The molecule has 1 unspecified atom stereocenters. The van der Waals surface area contributed by atoms with Crippen LogP contribution in [0.3, 0.4) is 0 Å². The summed E-state index contributed by atoms with van der Waals surface area (Å²) in [5.41, 5.74) is 0.703. The van der Waals surface area contributed by atoms with Gasteiger partial charge in [0.2, 0.25) is 0 Å². The molecule has 1 atom stereocenters. The van der Waals surface area contributed by atoms with Gasteiger partial charge in [-0.05, 0) is 12.0 Å². The van der Waals surface area contributed by atoms with Gasteiger partial charge in [0.05, 0.1) is 17.3 Å². The largest absolute Gasteiger partial charge is 0.339 e.